The first-order valence-electron chi connectivity index (χ1n) is 38.0. The van der Waals surface area contributed by atoms with Crippen molar-refractivity contribution in [2.45, 2.75) is 137 Å². The second-order valence-corrected chi connectivity index (χ2v) is 28.2. The number of carbonyl (C=O) groups excluding carboxylic acids is 9. The molecule has 0 spiro atoms. The van der Waals surface area contributed by atoms with Gasteiger partial charge in [-0.05, 0) is 81.1 Å². The lowest BCUT2D eigenvalue weighted by Crippen LogP contribution is -2.45. The van der Waals surface area contributed by atoms with Crippen molar-refractivity contribution in [2.75, 3.05) is 151 Å². The summed E-state index contributed by atoms with van der Waals surface area (Å²) in [6.45, 7) is 19.3. The summed E-state index contributed by atoms with van der Waals surface area (Å²) in [5, 5.41) is 17.3. The maximum Gasteiger partial charge on any atom is 0.421 e. The summed E-state index contributed by atoms with van der Waals surface area (Å²) >= 11 is 0. The highest BCUT2D eigenvalue weighted by molar-refractivity contribution is 6.18. The second-order valence-electron chi connectivity index (χ2n) is 28.2. The summed E-state index contributed by atoms with van der Waals surface area (Å²) in [6, 6.07) is 11.3. The number of nitrogens with one attached hydrogen (secondary N) is 2. The number of aliphatic hydroxyl groups is 1. The van der Waals surface area contributed by atoms with E-state index >= 15 is 0 Å². The predicted octanol–water partition coefficient (Wildman–Crippen LogP) is 7.75. The van der Waals surface area contributed by atoms with Crippen LogP contribution in [0, 0.1) is 23.7 Å². The van der Waals surface area contributed by atoms with E-state index in [-0.39, 0.29) is 159 Å². The Kier molecular flexibility index (Phi) is 35.2. The number of nitrogens with zero attached hydrogens (tertiary/aromatic N) is 5. The molecule has 3 aromatic rings. The Hall–Kier alpha value is -9.01. The average Bonchev–Trinajstić information content (AvgIpc) is 1.60. The molecule has 5 aliphatic heterocycles. The van der Waals surface area contributed by atoms with Gasteiger partial charge < -0.3 is 82.2 Å². The Morgan fingerprint density at radius 3 is 1.74 bits per heavy atom. The van der Waals surface area contributed by atoms with E-state index in [4.69, 9.17) is 61.6 Å². The molecule has 30 heteroatoms. The van der Waals surface area contributed by atoms with Crippen LogP contribution in [0.4, 0.5) is 16.2 Å². The zero-order valence-electron chi connectivity index (χ0n) is 65.0. The van der Waals surface area contributed by atoms with Crippen LogP contribution < -0.4 is 34.5 Å². The summed E-state index contributed by atoms with van der Waals surface area (Å²) in [7, 11) is 2.97. The van der Waals surface area contributed by atoms with E-state index in [1.165, 1.54) is 35.8 Å². The number of ether oxygens (including phenoxy) is 13. The zero-order chi connectivity index (χ0) is 79.1. The SMILES string of the molecule is COc1cc2c(cc1OCCCCCOc1cc3c(cc1OC)C(O)=[N+]1C=C(C)C[C@H]1C(=O)N3C(=O)OCc1ccc(CC(=O)[C@H](C)NC(=O)[C@@H](CC(=O)CCOCCOCCOCCOCCOCCOCCOCCOCCNC(=O)CCN3C(=O)CC(C(C)C)C3=O)C(C)C)cc1)N=C[C@@H]1CC(C)=CN1C2=O. The molecule has 0 aromatic heterocycles. The number of anilines is 1. The van der Waals surface area contributed by atoms with Crippen LogP contribution >= 0.6 is 0 Å². The number of fused-ring (bicyclic) bond motifs is 4. The maximum absolute atomic E-state index is 14.4. The van der Waals surface area contributed by atoms with Gasteiger partial charge in [0.2, 0.25) is 29.7 Å². The first kappa shape index (κ1) is 86.6. The van der Waals surface area contributed by atoms with Crippen LogP contribution in [0.5, 0.6) is 23.0 Å². The second kappa shape index (κ2) is 44.7. The van der Waals surface area contributed by atoms with Crippen LogP contribution in [0.15, 0.2) is 77.1 Å². The monoisotopic (exact) mass is 1540 g/mol. The maximum atomic E-state index is 14.4. The number of aliphatic hydroxyl groups excluding tert-OH is 1. The van der Waals surface area contributed by atoms with Crippen molar-refractivity contribution in [3.8, 4) is 23.0 Å². The number of hydrogen-bond donors (Lipinski definition) is 3. The number of unbranched alkanes of at least 4 members (excludes halogenated alkanes) is 2. The summed E-state index contributed by atoms with van der Waals surface area (Å²) in [5.74, 6) is -2.22. The Morgan fingerprint density at radius 1 is 0.618 bits per heavy atom. The van der Waals surface area contributed by atoms with Crippen LogP contribution in [0.2, 0.25) is 0 Å². The van der Waals surface area contributed by atoms with Crippen LogP contribution in [-0.4, -0.2) is 249 Å². The molecule has 5 aliphatic rings. The highest BCUT2D eigenvalue weighted by Crippen LogP contribution is 2.41. The average molecular weight is 1540 g/mol. The van der Waals surface area contributed by atoms with E-state index < -0.39 is 35.9 Å². The molecule has 5 heterocycles. The first-order chi connectivity index (χ1) is 53.1. The van der Waals surface area contributed by atoms with E-state index in [0.29, 0.717) is 159 Å². The Balaban J connectivity index is 0.639. The fraction of sp³-hybridized carbons (Fsp3) is 0.588. The number of rotatable bonds is 51. The molecule has 3 N–H and O–H groups in total. The summed E-state index contributed by atoms with van der Waals surface area (Å²) in [6.07, 6.45) is 7.57. The molecule has 0 bridgehead atoms. The standard InChI is InChI=1S/C80H109N7O23/c1-52(2)61(42-60(88)18-23-100-25-27-102-29-31-104-33-35-106-37-38-107-36-34-105-32-30-103-28-26-101-24-19-81-73(90)17-20-84-74(91)45-62(53(3)4)76(84)93)75(92)83-56(7)68(89)41-57-13-15-58(16-14-57)51-110-80(97)87-66-47-72(70(99-9)44-64(66)78(95)86-50-55(6)40-67(86)79(87)96)109-22-12-10-11-21-108-71-46-65-63(43-69(71)98-8)77(94)85-49-54(5)39-59(85)48-82-65/h13-16,43-44,46-50,52-53,56,59,61-62,67H,10-12,17-42,45,51H2,1-9H3,(H2,81,83,90,92)/p+1/t56-,59-,61-,62?,67-/m0/s1. The van der Waals surface area contributed by atoms with Crippen molar-refractivity contribution >= 4 is 76.6 Å². The zero-order valence-corrected chi connectivity index (χ0v) is 65.0. The van der Waals surface area contributed by atoms with Crippen LogP contribution in [0.25, 0.3) is 0 Å². The number of carbonyl (C=O) groups is 9. The van der Waals surface area contributed by atoms with Gasteiger partial charge in [0.1, 0.15) is 18.0 Å². The van der Waals surface area contributed by atoms with Gasteiger partial charge in [-0.15, -0.1) is 0 Å². The number of hydrogen-bond acceptors (Lipinski definition) is 23. The van der Waals surface area contributed by atoms with Gasteiger partial charge in [0, 0.05) is 94.1 Å². The molecule has 602 valence electrons. The van der Waals surface area contributed by atoms with Crippen molar-refractivity contribution in [1.29, 1.82) is 0 Å². The molecule has 5 atom stereocenters. The normalized spacial score (nSPS) is 17.2. The van der Waals surface area contributed by atoms with Gasteiger partial charge in [-0.2, -0.15) is 4.58 Å². The number of amides is 7. The van der Waals surface area contributed by atoms with Crippen molar-refractivity contribution < 1.29 is 114 Å². The molecule has 1 unspecified atom stereocenters. The molecule has 0 aliphatic carbocycles. The van der Waals surface area contributed by atoms with E-state index in [2.05, 4.69) is 15.6 Å². The van der Waals surface area contributed by atoms with Crippen LogP contribution in [-0.2, 0) is 89.2 Å². The number of imide groups is 2. The first-order valence-corrected chi connectivity index (χ1v) is 38.0. The smallest absolute Gasteiger partial charge is 0.421 e. The topological polar surface area (TPSA) is 343 Å². The van der Waals surface area contributed by atoms with Crippen molar-refractivity contribution in [1.82, 2.24) is 20.4 Å². The van der Waals surface area contributed by atoms with E-state index in [1.54, 1.807) is 60.6 Å². The van der Waals surface area contributed by atoms with Crippen molar-refractivity contribution in [3.05, 3.63) is 94.3 Å². The number of Topliss-reactive ketones (excluding diaryl/α,β-unsaturated/α-hetero) is 2. The minimum atomic E-state index is -0.989. The van der Waals surface area contributed by atoms with Gasteiger partial charge in [-0.1, -0.05) is 57.5 Å². The molecule has 30 nitrogen and oxygen atoms in total. The van der Waals surface area contributed by atoms with E-state index in [0.717, 1.165) is 22.5 Å². The number of ketones is 2. The largest absolute Gasteiger partial charge is 0.493 e. The number of likely N-dealkylation sites (tertiary alicyclic amines) is 1. The lowest BCUT2D eigenvalue weighted by Gasteiger charge is -2.22. The highest BCUT2D eigenvalue weighted by atomic mass is 16.6. The van der Waals surface area contributed by atoms with Gasteiger partial charge in [0.25, 0.3) is 5.91 Å². The molecule has 1 fully saturated rings. The predicted molar refractivity (Wildman–Crippen MR) is 403 cm³/mol. The van der Waals surface area contributed by atoms with Gasteiger partial charge in [0.05, 0.1) is 162 Å². The third-order valence-corrected chi connectivity index (χ3v) is 19.1. The van der Waals surface area contributed by atoms with Gasteiger partial charge in [-0.25, -0.2) is 9.69 Å². The van der Waals surface area contributed by atoms with Gasteiger partial charge in [0.15, 0.2) is 35.0 Å². The molecule has 110 heavy (non-hydrogen) atoms. The Morgan fingerprint density at radius 2 is 1.17 bits per heavy atom. The van der Waals surface area contributed by atoms with Crippen molar-refractivity contribution in [3.63, 3.8) is 0 Å². The fourth-order valence-electron chi connectivity index (χ4n) is 12.8. The minimum absolute atomic E-state index is 0.0157. The molecule has 0 radical (unpaired) electrons. The summed E-state index contributed by atoms with van der Waals surface area (Å²) in [4.78, 5) is 127. The molecule has 1 saturated heterocycles. The molecule has 7 amide bonds. The Bertz CT molecular complexity index is 3760. The van der Waals surface area contributed by atoms with Gasteiger partial charge >= 0.3 is 17.9 Å². The molecule has 0 saturated carbocycles. The summed E-state index contributed by atoms with van der Waals surface area (Å²) in [5.41, 5.74) is 4.24. The van der Waals surface area contributed by atoms with E-state index in [9.17, 15) is 48.3 Å². The third-order valence-electron chi connectivity index (χ3n) is 19.1. The van der Waals surface area contributed by atoms with Crippen LogP contribution in [0.3, 0.4) is 0 Å². The Labute approximate surface area is 643 Å². The van der Waals surface area contributed by atoms with E-state index in [1.807, 2.05) is 47.7 Å². The van der Waals surface area contributed by atoms with Crippen LogP contribution in [0.1, 0.15) is 133 Å². The molecule has 8 rings (SSSR count). The van der Waals surface area contributed by atoms with Gasteiger partial charge in [-0.3, -0.25) is 48.2 Å². The van der Waals surface area contributed by atoms with Crippen molar-refractivity contribution in [2.24, 2.45) is 28.7 Å². The quantitative estimate of drug-likeness (QED) is 0.0276. The number of benzene rings is 3. The highest BCUT2D eigenvalue weighted by Gasteiger charge is 2.48. The summed E-state index contributed by atoms with van der Waals surface area (Å²) < 4.78 is 75.3. The molecular formula is C80H110N7O23+. The lowest BCUT2D eigenvalue weighted by atomic mass is 9.88. The number of methoxy groups -OCH3 is 2. The number of aliphatic imine (C=N–C) groups is 1. The minimum Gasteiger partial charge on any atom is -0.493 e. The molecular weight excluding hydrogens is 1430 g/mol. The molecule has 3 aromatic carbocycles. The lowest BCUT2D eigenvalue weighted by molar-refractivity contribution is -0.482. The third kappa shape index (κ3) is 25.8. The fourth-order valence-corrected chi connectivity index (χ4v) is 12.8.